The summed E-state index contributed by atoms with van der Waals surface area (Å²) in [5, 5.41) is 0. The summed E-state index contributed by atoms with van der Waals surface area (Å²) in [6.07, 6.45) is 39.6. The highest BCUT2D eigenvalue weighted by atomic mass is 16.5. The Morgan fingerprint density at radius 2 is 0.560 bits per heavy atom. The Balaban J connectivity index is 1.90. The Morgan fingerprint density at radius 1 is 0.360 bits per heavy atom. The van der Waals surface area contributed by atoms with Crippen molar-refractivity contribution < 1.29 is 19.1 Å². The van der Waals surface area contributed by atoms with Gasteiger partial charge >= 0.3 is 11.9 Å². The minimum atomic E-state index is -0.316. The lowest BCUT2D eigenvalue weighted by molar-refractivity contribution is 0.0483. The van der Waals surface area contributed by atoms with E-state index in [1.165, 1.54) is 167 Å². The second-order valence-electron chi connectivity index (χ2n) is 16.1. The lowest BCUT2D eigenvalue weighted by atomic mass is 10.0. The Labute approximate surface area is 311 Å². The molecule has 0 aliphatic heterocycles. The number of rotatable bonds is 36. The fourth-order valence-electron chi connectivity index (χ4n) is 6.79. The first-order valence-electron chi connectivity index (χ1n) is 21.8. The number of esters is 2. The highest BCUT2D eigenvalue weighted by molar-refractivity contribution is 5.93. The van der Waals surface area contributed by atoms with Gasteiger partial charge in [0.05, 0.1) is 24.3 Å². The zero-order valence-electron chi connectivity index (χ0n) is 33.7. The maximum absolute atomic E-state index is 12.4. The summed E-state index contributed by atoms with van der Waals surface area (Å²) in [6, 6.07) is 6.67. The van der Waals surface area contributed by atoms with E-state index >= 15 is 0 Å². The predicted molar refractivity (Wildman–Crippen MR) is 215 cm³/mol. The van der Waals surface area contributed by atoms with Crippen LogP contribution in [0.3, 0.4) is 0 Å². The third kappa shape index (κ3) is 29.8. The second kappa shape index (κ2) is 34.3. The van der Waals surface area contributed by atoms with Crippen molar-refractivity contribution in [3.05, 3.63) is 35.4 Å². The molecule has 0 N–H and O–H groups in total. The van der Waals surface area contributed by atoms with Crippen molar-refractivity contribution in [2.75, 3.05) is 13.2 Å². The predicted octanol–water partition coefficient (Wildman–Crippen LogP) is 15.0. The molecule has 0 fully saturated rings. The SMILES string of the molecule is CC(C)CCCCCCCCCCCCCCCCOC(=O)c1ccc(C(=O)OCCCCCCCCCCCCCCCCC(C)C)cc1. The number of carbonyl (C=O) groups excluding carboxylic acids is 2. The van der Waals surface area contributed by atoms with Crippen LogP contribution in [0.15, 0.2) is 24.3 Å². The smallest absolute Gasteiger partial charge is 0.338 e. The van der Waals surface area contributed by atoms with E-state index in [1.54, 1.807) is 24.3 Å². The Morgan fingerprint density at radius 3 is 0.780 bits per heavy atom. The van der Waals surface area contributed by atoms with Gasteiger partial charge in [-0.3, -0.25) is 0 Å². The monoisotopic (exact) mass is 699 g/mol. The number of ether oxygens (including phenoxy) is 2. The fraction of sp³-hybridized carbons (Fsp3) is 0.826. The van der Waals surface area contributed by atoms with Crippen LogP contribution in [0.4, 0.5) is 0 Å². The first-order valence-corrected chi connectivity index (χ1v) is 21.8. The summed E-state index contributed by atoms with van der Waals surface area (Å²) in [4.78, 5) is 24.8. The molecule has 1 rings (SSSR count). The van der Waals surface area contributed by atoms with Crippen molar-refractivity contribution in [3.63, 3.8) is 0 Å². The van der Waals surface area contributed by atoms with Gasteiger partial charge in [-0.2, -0.15) is 0 Å². The van der Waals surface area contributed by atoms with E-state index in [4.69, 9.17) is 9.47 Å². The average molecular weight is 699 g/mol. The molecule has 1 aromatic carbocycles. The number of hydrogen-bond acceptors (Lipinski definition) is 4. The van der Waals surface area contributed by atoms with Gasteiger partial charge in [0.25, 0.3) is 0 Å². The van der Waals surface area contributed by atoms with E-state index in [0.717, 1.165) is 37.5 Å². The van der Waals surface area contributed by atoms with Crippen LogP contribution in [0.2, 0.25) is 0 Å². The summed E-state index contributed by atoms with van der Waals surface area (Å²) in [5.41, 5.74) is 0.973. The number of benzene rings is 1. The number of unbranched alkanes of at least 4 members (excludes halogenated alkanes) is 26. The standard InChI is InChI=1S/C46H82O4/c1-41(2)33-29-25-21-17-13-9-5-7-11-15-19-23-27-31-39-49-45(47)43-35-37-44(38-36-43)46(48)50-40-32-28-24-20-16-12-8-6-10-14-18-22-26-30-34-42(3)4/h35-38,41-42H,5-34,39-40H2,1-4H3. The maximum Gasteiger partial charge on any atom is 0.338 e. The molecule has 4 nitrogen and oxygen atoms in total. The van der Waals surface area contributed by atoms with Crippen molar-refractivity contribution in [1.29, 1.82) is 0 Å². The van der Waals surface area contributed by atoms with E-state index in [2.05, 4.69) is 27.7 Å². The molecule has 290 valence electrons. The first kappa shape index (κ1) is 46.2. The van der Waals surface area contributed by atoms with Crippen molar-refractivity contribution in [2.45, 2.75) is 220 Å². The van der Waals surface area contributed by atoms with Crippen LogP contribution in [-0.4, -0.2) is 25.2 Å². The Bertz CT molecular complexity index is 817. The highest BCUT2D eigenvalue weighted by Crippen LogP contribution is 2.17. The minimum absolute atomic E-state index is 0.316. The molecule has 0 bridgehead atoms. The van der Waals surface area contributed by atoms with E-state index in [9.17, 15) is 9.59 Å². The minimum Gasteiger partial charge on any atom is -0.462 e. The maximum atomic E-state index is 12.4. The molecule has 0 spiro atoms. The molecule has 0 aliphatic carbocycles. The van der Waals surface area contributed by atoms with Gasteiger partial charge in [0.1, 0.15) is 0 Å². The molecule has 4 heteroatoms. The molecule has 0 saturated heterocycles. The van der Waals surface area contributed by atoms with Crippen molar-refractivity contribution in [2.24, 2.45) is 11.8 Å². The van der Waals surface area contributed by atoms with Gasteiger partial charge in [-0.15, -0.1) is 0 Å². The molecule has 0 atom stereocenters. The molecule has 0 aliphatic rings. The molecule has 0 aromatic heterocycles. The summed E-state index contributed by atoms with van der Waals surface area (Å²) < 4.78 is 10.9. The van der Waals surface area contributed by atoms with Crippen LogP contribution < -0.4 is 0 Å². The molecule has 50 heavy (non-hydrogen) atoms. The second-order valence-corrected chi connectivity index (χ2v) is 16.1. The van der Waals surface area contributed by atoms with Gasteiger partial charge < -0.3 is 9.47 Å². The van der Waals surface area contributed by atoms with Gasteiger partial charge in [-0.05, 0) is 48.9 Å². The highest BCUT2D eigenvalue weighted by Gasteiger charge is 2.11. The summed E-state index contributed by atoms with van der Waals surface area (Å²) >= 11 is 0. The van der Waals surface area contributed by atoms with Gasteiger partial charge in [-0.25, -0.2) is 9.59 Å². The normalized spacial score (nSPS) is 11.5. The quantitative estimate of drug-likeness (QED) is 0.0517. The molecular formula is C46H82O4. The zero-order chi connectivity index (χ0) is 36.3. The van der Waals surface area contributed by atoms with Gasteiger partial charge in [-0.1, -0.05) is 207 Å². The van der Waals surface area contributed by atoms with Crippen molar-refractivity contribution in [3.8, 4) is 0 Å². The van der Waals surface area contributed by atoms with Gasteiger partial charge in [0.15, 0.2) is 0 Å². The Hall–Kier alpha value is -1.84. The van der Waals surface area contributed by atoms with E-state index < -0.39 is 0 Å². The summed E-state index contributed by atoms with van der Waals surface area (Å²) in [5.74, 6) is 1.08. The first-order chi connectivity index (χ1) is 24.4. The number of carbonyl (C=O) groups is 2. The van der Waals surface area contributed by atoms with Crippen molar-refractivity contribution in [1.82, 2.24) is 0 Å². The van der Waals surface area contributed by atoms with Gasteiger partial charge in [0, 0.05) is 0 Å². The lowest BCUT2D eigenvalue weighted by Crippen LogP contribution is -2.09. The number of hydrogen-bond donors (Lipinski definition) is 0. The fourth-order valence-corrected chi connectivity index (χ4v) is 6.79. The zero-order valence-corrected chi connectivity index (χ0v) is 33.7. The van der Waals surface area contributed by atoms with Gasteiger partial charge in [0.2, 0.25) is 0 Å². The topological polar surface area (TPSA) is 52.6 Å². The van der Waals surface area contributed by atoms with Crippen LogP contribution in [0, 0.1) is 11.8 Å². The van der Waals surface area contributed by atoms with Crippen LogP contribution in [-0.2, 0) is 9.47 Å². The molecule has 0 saturated carbocycles. The van der Waals surface area contributed by atoms with Crippen LogP contribution in [0.25, 0.3) is 0 Å². The molecular weight excluding hydrogens is 617 g/mol. The molecule has 0 amide bonds. The average Bonchev–Trinajstić information content (AvgIpc) is 3.10. The summed E-state index contributed by atoms with van der Waals surface area (Å²) in [7, 11) is 0. The third-order valence-electron chi connectivity index (χ3n) is 10.2. The van der Waals surface area contributed by atoms with Crippen LogP contribution in [0.1, 0.15) is 241 Å². The van der Waals surface area contributed by atoms with Crippen LogP contribution >= 0.6 is 0 Å². The summed E-state index contributed by atoms with van der Waals surface area (Å²) in [6.45, 7) is 10.2. The lowest BCUT2D eigenvalue weighted by Gasteiger charge is -2.07. The molecule has 0 unspecified atom stereocenters. The van der Waals surface area contributed by atoms with E-state index in [-0.39, 0.29) is 11.9 Å². The molecule has 0 heterocycles. The van der Waals surface area contributed by atoms with E-state index in [0.29, 0.717) is 24.3 Å². The van der Waals surface area contributed by atoms with Crippen LogP contribution in [0.5, 0.6) is 0 Å². The largest absolute Gasteiger partial charge is 0.462 e. The van der Waals surface area contributed by atoms with Crippen molar-refractivity contribution >= 4 is 11.9 Å². The third-order valence-corrected chi connectivity index (χ3v) is 10.2. The molecule has 0 radical (unpaired) electrons. The van der Waals surface area contributed by atoms with E-state index in [1.807, 2.05) is 0 Å². The molecule has 1 aromatic rings. The Kier molecular flexibility index (Phi) is 31.6.